The lowest BCUT2D eigenvalue weighted by Gasteiger charge is -2.31. The second kappa shape index (κ2) is 6.53. The Kier molecular flexibility index (Phi) is 5.60. The molecule has 0 saturated heterocycles. The zero-order valence-corrected chi connectivity index (χ0v) is 12.2. The predicted molar refractivity (Wildman–Crippen MR) is 73.3 cm³/mol. The van der Waals surface area contributed by atoms with Crippen LogP contribution in [0, 0.1) is 5.92 Å². The average Bonchev–Trinajstić information content (AvgIpc) is 2.69. The maximum Gasteiger partial charge on any atom is 0.326 e. The Balaban J connectivity index is 2.56. The highest BCUT2D eigenvalue weighted by Crippen LogP contribution is 2.37. The second-order valence-corrected chi connectivity index (χ2v) is 5.71. The zero-order chi connectivity index (χ0) is 13.8. The molecule has 2 unspecified atom stereocenters. The standard InChI is InChI=1S/C14H28N2O2/c1-5-18-13(17)14(15)9-6-7-12(14)8-10-16(4)11(2)3/h11-12H,5-10,15H2,1-4H3. The minimum atomic E-state index is -0.742. The van der Waals surface area contributed by atoms with Gasteiger partial charge in [-0.1, -0.05) is 6.42 Å². The van der Waals surface area contributed by atoms with Crippen molar-refractivity contribution >= 4 is 5.97 Å². The maximum absolute atomic E-state index is 12.0. The van der Waals surface area contributed by atoms with Crippen LogP contribution in [0.1, 0.15) is 46.5 Å². The monoisotopic (exact) mass is 256 g/mol. The second-order valence-electron chi connectivity index (χ2n) is 5.71. The van der Waals surface area contributed by atoms with Gasteiger partial charge < -0.3 is 15.4 Å². The Labute approximate surface area is 111 Å². The molecule has 1 aliphatic rings. The van der Waals surface area contributed by atoms with Gasteiger partial charge in [-0.25, -0.2) is 0 Å². The summed E-state index contributed by atoms with van der Waals surface area (Å²) in [6.07, 6.45) is 3.82. The third-order valence-corrected chi connectivity index (χ3v) is 4.24. The third-order valence-electron chi connectivity index (χ3n) is 4.24. The van der Waals surface area contributed by atoms with Gasteiger partial charge in [0.15, 0.2) is 0 Å². The summed E-state index contributed by atoms with van der Waals surface area (Å²) in [6.45, 7) is 7.58. The number of esters is 1. The van der Waals surface area contributed by atoms with Gasteiger partial charge in [-0.15, -0.1) is 0 Å². The molecule has 4 nitrogen and oxygen atoms in total. The van der Waals surface area contributed by atoms with E-state index in [1.54, 1.807) is 0 Å². The number of nitrogens with two attached hydrogens (primary N) is 1. The summed E-state index contributed by atoms with van der Waals surface area (Å²) in [5.74, 6) is 0.0532. The molecule has 1 rings (SSSR count). The topological polar surface area (TPSA) is 55.6 Å². The van der Waals surface area contributed by atoms with Crippen LogP contribution in [0.25, 0.3) is 0 Å². The molecule has 2 N–H and O–H groups in total. The molecule has 0 aromatic rings. The Morgan fingerprint density at radius 3 is 2.78 bits per heavy atom. The van der Waals surface area contributed by atoms with E-state index in [1.165, 1.54) is 0 Å². The lowest BCUT2D eigenvalue weighted by molar-refractivity contribution is -0.151. The molecule has 0 aromatic carbocycles. The van der Waals surface area contributed by atoms with E-state index in [9.17, 15) is 4.79 Å². The van der Waals surface area contributed by atoms with Crippen molar-refractivity contribution in [2.45, 2.75) is 58.0 Å². The van der Waals surface area contributed by atoms with Crippen molar-refractivity contribution in [2.75, 3.05) is 20.2 Å². The molecule has 2 atom stereocenters. The van der Waals surface area contributed by atoms with Gasteiger partial charge in [-0.3, -0.25) is 4.79 Å². The number of nitrogens with zero attached hydrogens (tertiary/aromatic N) is 1. The van der Waals surface area contributed by atoms with Gasteiger partial charge in [0.25, 0.3) is 0 Å². The summed E-state index contributed by atoms with van der Waals surface area (Å²) >= 11 is 0. The van der Waals surface area contributed by atoms with Crippen LogP contribution in [0.5, 0.6) is 0 Å². The molecule has 0 bridgehead atoms. The van der Waals surface area contributed by atoms with Crippen LogP contribution in [0.15, 0.2) is 0 Å². The maximum atomic E-state index is 12.0. The van der Waals surface area contributed by atoms with Crippen molar-refractivity contribution in [1.82, 2.24) is 4.90 Å². The first kappa shape index (κ1) is 15.4. The van der Waals surface area contributed by atoms with Gasteiger partial charge in [0, 0.05) is 6.04 Å². The Bertz CT molecular complexity index is 281. The first-order valence-corrected chi connectivity index (χ1v) is 7.08. The number of rotatable bonds is 6. The first-order valence-electron chi connectivity index (χ1n) is 7.08. The number of hydrogen-bond donors (Lipinski definition) is 1. The van der Waals surface area contributed by atoms with E-state index >= 15 is 0 Å². The van der Waals surface area contributed by atoms with Crippen molar-refractivity contribution in [3.8, 4) is 0 Å². The van der Waals surface area contributed by atoms with Crippen LogP contribution in [-0.4, -0.2) is 42.6 Å². The van der Waals surface area contributed by atoms with E-state index < -0.39 is 5.54 Å². The molecule has 0 heterocycles. The molecule has 1 aliphatic carbocycles. The summed E-state index contributed by atoms with van der Waals surface area (Å²) in [5.41, 5.74) is 5.56. The summed E-state index contributed by atoms with van der Waals surface area (Å²) in [7, 11) is 2.11. The minimum Gasteiger partial charge on any atom is -0.465 e. The van der Waals surface area contributed by atoms with Crippen LogP contribution in [0.4, 0.5) is 0 Å². The lowest BCUT2D eigenvalue weighted by atomic mass is 9.85. The molecular formula is C14H28N2O2. The number of carbonyl (C=O) groups excluding carboxylic acids is 1. The lowest BCUT2D eigenvalue weighted by Crippen LogP contribution is -2.52. The molecule has 18 heavy (non-hydrogen) atoms. The highest BCUT2D eigenvalue weighted by Gasteiger charge is 2.46. The predicted octanol–water partition coefficient (Wildman–Crippen LogP) is 1.78. The Morgan fingerprint density at radius 2 is 2.22 bits per heavy atom. The molecule has 0 radical (unpaired) electrons. The van der Waals surface area contributed by atoms with Crippen molar-refractivity contribution in [2.24, 2.45) is 11.7 Å². The number of carbonyl (C=O) groups is 1. The van der Waals surface area contributed by atoms with E-state index in [2.05, 4.69) is 25.8 Å². The van der Waals surface area contributed by atoms with Crippen molar-refractivity contribution < 1.29 is 9.53 Å². The van der Waals surface area contributed by atoms with Crippen molar-refractivity contribution in [1.29, 1.82) is 0 Å². The van der Waals surface area contributed by atoms with Gasteiger partial charge in [0.2, 0.25) is 0 Å². The Morgan fingerprint density at radius 1 is 1.56 bits per heavy atom. The fraction of sp³-hybridized carbons (Fsp3) is 0.929. The van der Waals surface area contributed by atoms with Gasteiger partial charge in [-0.05, 0) is 59.5 Å². The first-order chi connectivity index (χ1) is 8.41. The molecule has 106 valence electrons. The van der Waals surface area contributed by atoms with Crippen LogP contribution < -0.4 is 5.73 Å². The molecule has 1 fully saturated rings. The van der Waals surface area contributed by atoms with E-state index in [-0.39, 0.29) is 11.9 Å². The summed E-state index contributed by atoms with van der Waals surface area (Å²) in [5, 5.41) is 0. The quantitative estimate of drug-likeness (QED) is 0.736. The zero-order valence-electron chi connectivity index (χ0n) is 12.2. The molecule has 0 aromatic heterocycles. The average molecular weight is 256 g/mol. The fourth-order valence-electron chi connectivity index (χ4n) is 2.66. The number of hydrogen-bond acceptors (Lipinski definition) is 4. The van der Waals surface area contributed by atoms with Gasteiger partial charge in [-0.2, -0.15) is 0 Å². The van der Waals surface area contributed by atoms with Crippen LogP contribution >= 0.6 is 0 Å². The van der Waals surface area contributed by atoms with E-state index in [4.69, 9.17) is 10.5 Å². The van der Waals surface area contributed by atoms with E-state index in [1.807, 2.05) is 6.92 Å². The molecule has 0 aliphatic heterocycles. The molecule has 4 heteroatoms. The van der Waals surface area contributed by atoms with Crippen LogP contribution in [-0.2, 0) is 9.53 Å². The van der Waals surface area contributed by atoms with Gasteiger partial charge in [0.05, 0.1) is 6.61 Å². The Hall–Kier alpha value is -0.610. The number of ether oxygens (including phenoxy) is 1. The van der Waals surface area contributed by atoms with Crippen LogP contribution in [0.3, 0.4) is 0 Å². The highest BCUT2D eigenvalue weighted by atomic mass is 16.5. The minimum absolute atomic E-state index is 0.209. The highest BCUT2D eigenvalue weighted by molar-refractivity contribution is 5.81. The molecule has 1 saturated carbocycles. The fourth-order valence-corrected chi connectivity index (χ4v) is 2.66. The van der Waals surface area contributed by atoms with Crippen molar-refractivity contribution in [3.63, 3.8) is 0 Å². The molecular weight excluding hydrogens is 228 g/mol. The third kappa shape index (κ3) is 3.45. The largest absolute Gasteiger partial charge is 0.465 e. The molecule has 0 spiro atoms. The van der Waals surface area contributed by atoms with Gasteiger partial charge >= 0.3 is 5.97 Å². The van der Waals surface area contributed by atoms with E-state index in [0.717, 1.165) is 32.2 Å². The van der Waals surface area contributed by atoms with E-state index in [0.29, 0.717) is 12.6 Å². The summed E-state index contributed by atoms with van der Waals surface area (Å²) < 4.78 is 5.14. The molecule has 0 amide bonds. The SMILES string of the molecule is CCOC(=O)C1(N)CCCC1CCN(C)C(C)C. The summed E-state index contributed by atoms with van der Waals surface area (Å²) in [4.78, 5) is 14.3. The summed E-state index contributed by atoms with van der Waals surface area (Å²) in [6, 6.07) is 0.529. The van der Waals surface area contributed by atoms with Gasteiger partial charge in [0.1, 0.15) is 5.54 Å². The smallest absolute Gasteiger partial charge is 0.326 e. The van der Waals surface area contributed by atoms with Crippen molar-refractivity contribution in [3.05, 3.63) is 0 Å². The van der Waals surface area contributed by atoms with Crippen LogP contribution in [0.2, 0.25) is 0 Å². The normalized spacial score (nSPS) is 28.1.